The number of hydrogen-bond acceptors (Lipinski definition) is 2. The van der Waals surface area contributed by atoms with Crippen LogP contribution >= 0.6 is 12.2 Å². The minimum Gasteiger partial charge on any atom is -0.389 e. The Bertz CT molecular complexity index is 635. The molecule has 1 aromatic heterocycles. The fourth-order valence-electron chi connectivity index (χ4n) is 1.85. The van der Waals surface area contributed by atoms with Gasteiger partial charge in [0.1, 0.15) is 4.99 Å². The molecule has 0 unspecified atom stereocenters. The van der Waals surface area contributed by atoms with Gasteiger partial charge in [-0.3, -0.25) is 4.98 Å². The molecule has 0 atom stereocenters. The first-order valence-electron chi connectivity index (χ1n) is 5.08. The van der Waals surface area contributed by atoms with Crippen molar-refractivity contribution in [2.24, 2.45) is 5.73 Å². The van der Waals surface area contributed by atoms with Crippen molar-refractivity contribution >= 4 is 28.1 Å². The summed E-state index contributed by atoms with van der Waals surface area (Å²) in [7, 11) is 0. The molecule has 1 heterocycles. The second-order valence-electron chi connectivity index (χ2n) is 3.87. The fraction of sp³-hybridized carbons (Fsp3) is 0.167. The van der Waals surface area contributed by atoms with Gasteiger partial charge in [-0.1, -0.05) is 18.3 Å². The number of thiocarbonyl (C=S) groups is 1. The predicted octanol–water partition coefficient (Wildman–Crippen LogP) is 3.20. The number of rotatable bonds is 1. The maximum Gasteiger partial charge on any atom is 0.417 e. The molecule has 2 N–H and O–H groups in total. The van der Waals surface area contributed by atoms with E-state index in [0.29, 0.717) is 5.69 Å². The topological polar surface area (TPSA) is 38.9 Å². The molecule has 6 heteroatoms. The van der Waals surface area contributed by atoms with E-state index in [0.717, 1.165) is 6.07 Å². The standard InChI is InChI=1S/C12H9F3N2S/c1-6-5-7(11(16)18)10-8(12(13,14)15)3-2-4-9(10)17-6/h2-5H,1H3,(H2,16,18). The zero-order valence-electron chi connectivity index (χ0n) is 9.38. The van der Waals surface area contributed by atoms with Crippen molar-refractivity contribution in [3.05, 3.63) is 41.1 Å². The summed E-state index contributed by atoms with van der Waals surface area (Å²) in [4.78, 5) is 4.01. The summed E-state index contributed by atoms with van der Waals surface area (Å²) >= 11 is 4.81. The highest BCUT2D eigenvalue weighted by Gasteiger charge is 2.33. The van der Waals surface area contributed by atoms with Gasteiger partial charge >= 0.3 is 6.18 Å². The Kier molecular flexibility index (Phi) is 2.98. The van der Waals surface area contributed by atoms with Crippen molar-refractivity contribution < 1.29 is 13.2 Å². The van der Waals surface area contributed by atoms with Gasteiger partial charge in [0, 0.05) is 16.6 Å². The SMILES string of the molecule is Cc1cc(C(N)=S)c2c(C(F)(F)F)cccc2n1. The molecule has 18 heavy (non-hydrogen) atoms. The van der Waals surface area contributed by atoms with Gasteiger partial charge < -0.3 is 5.73 Å². The summed E-state index contributed by atoms with van der Waals surface area (Å²) in [5, 5.41) is -0.0388. The Balaban J connectivity index is 2.95. The zero-order chi connectivity index (χ0) is 13.5. The Morgan fingerprint density at radius 1 is 1.33 bits per heavy atom. The first-order chi connectivity index (χ1) is 8.30. The lowest BCUT2D eigenvalue weighted by molar-refractivity contribution is -0.136. The highest BCUT2D eigenvalue weighted by molar-refractivity contribution is 7.80. The third-order valence-electron chi connectivity index (χ3n) is 2.53. The minimum atomic E-state index is -4.46. The van der Waals surface area contributed by atoms with Crippen LogP contribution < -0.4 is 5.73 Å². The number of nitrogens with zero attached hydrogens (tertiary/aromatic N) is 1. The van der Waals surface area contributed by atoms with E-state index in [1.807, 2.05) is 0 Å². The quantitative estimate of drug-likeness (QED) is 0.809. The molecule has 0 aliphatic heterocycles. The molecule has 2 aromatic rings. The van der Waals surface area contributed by atoms with Gasteiger partial charge in [-0.05, 0) is 25.1 Å². The van der Waals surface area contributed by atoms with E-state index < -0.39 is 11.7 Å². The summed E-state index contributed by atoms with van der Waals surface area (Å²) in [5.41, 5.74) is 5.75. The number of aromatic nitrogens is 1. The van der Waals surface area contributed by atoms with Gasteiger partial charge in [-0.2, -0.15) is 13.2 Å². The van der Waals surface area contributed by atoms with E-state index in [1.165, 1.54) is 18.2 Å². The molecule has 94 valence electrons. The highest BCUT2D eigenvalue weighted by Crippen LogP contribution is 2.35. The van der Waals surface area contributed by atoms with Crippen LogP contribution in [-0.4, -0.2) is 9.97 Å². The monoisotopic (exact) mass is 270 g/mol. The fourth-order valence-corrected chi connectivity index (χ4v) is 2.01. The molecule has 0 saturated heterocycles. The second kappa shape index (κ2) is 4.20. The Morgan fingerprint density at radius 2 is 2.00 bits per heavy atom. The first kappa shape index (κ1) is 12.8. The van der Waals surface area contributed by atoms with Crippen molar-refractivity contribution in [2.45, 2.75) is 13.1 Å². The lowest BCUT2D eigenvalue weighted by Gasteiger charge is -2.13. The van der Waals surface area contributed by atoms with Crippen LogP contribution in [0.25, 0.3) is 10.9 Å². The van der Waals surface area contributed by atoms with E-state index >= 15 is 0 Å². The predicted molar refractivity (Wildman–Crippen MR) is 67.4 cm³/mol. The Hall–Kier alpha value is -1.69. The van der Waals surface area contributed by atoms with Gasteiger partial charge in [-0.25, -0.2) is 0 Å². The minimum absolute atomic E-state index is 0.0388. The summed E-state index contributed by atoms with van der Waals surface area (Å²) in [6.45, 7) is 1.68. The molecule has 0 fully saturated rings. The molecule has 0 aliphatic carbocycles. The number of pyridine rings is 1. The molecule has 2 nitrogen and oxygen atoms in total. The number of benzene rings is 1. The van der Waals surface area contributed by atoms with Crippen molar-refractivity contribution in [2.75, 3.05) is 0 Å². The summed E-state index contributed by atoms with van der Waals surface area (Å²) < 4.78 is 38.8. The van der Waals surface area contributed by atoms with Crippen LogP contribution in [0.4, 0.5) is 13.2 Å². The van der Waals surface area contributed by atoms with E-state index in [9.17, 15) is 13.2 Å². The van der Waals surface area contributed by atoms with Crippen LogP contribution in [0.15, 0.2) is 24.3 Å². The molecule has 2 rings (SSSR count). The van der Waals surface area contributed by atoms with E-state index in [2.05, 4.69) is 4.98 Å². The highest BCUT2D eigenvalue weighted by atomic mass is 32.1. The van der Waals surface area contributed by atoms with Crippen molar-refractivity contribution in [3.63, 3.8) is 0 Å². The van der Waals surface area contributed by atoms with Crippen molar-refractivity contribution in [1.29, 1.82) is 0 Å². The van der Waals surface area contributed by atoms with Gasteiger partial charge in [0.25, 0.3) is 0 Å². The van der Waals surface area contributed by atoms with Crippen molar-refractivity contribution in [3.8, 4) is 0 Å². The maximum absolute atomic E-state index is 12.9. The number of alkyl halides is 3. The average molecular weight is 270 g/mol. The lowest BCUT2D eigenvalue weighted by Crippen LogP contribution is -2.14. The van der Waals surface area contributed by atoms with Crippen LogP contribution in [0.2, 0.25) is 0 Å². The normalized spacial score (nSPS) is 11.8. The van der Waals surface area contributed by atoms with E-state index in [4.69, 9.17) is 18.0 Å². The number of hydrogen-bond donors (Lipinski definition) is 1. The number of nitrogens with two attached hydrogens (primary N) is 1. The second-order valence-corrected chi connectivity index (χ2v) is 4.31. The molecule has 1 aromatic carbocycles. The molecule has 0 radical (unpaired) electrons. The van der Waals surface area contributed by atoms with Gasteiger partial charge in [0.05, 0.1) is 11.1 Å². The van der Waals surface area contributed by atoms with Crippen LogP contribution in [0, 0.1) is 6.92 Å². The lowest BCUT2D eigenvalue weighted by atomic mass is 10.0. The van der Waals surface area contributed by atoms with E-state index in [-0.39, 0.29) is 21.5 Å². The van der Waals surface area contributed by atoms with Crippen LogP contribution in [0.1, 0.15) is 16.8 Å². The smallest absolute Gasteiger partial charge is 0.389 e. The van der Waals surface area contributed by atoms with Crippen molar-refractivity contribution in [1.82, 2.24) is 4.98 Å². The third kappa shape index (κ3) is 2.15. The molecule has 0 bridgehead atoms. The maximum atomic E-state index is 12.9. The summed E-state index contributed by atoms with van der Waals surface area (Å²) in [5.74, 6) is 0. The molecule has 0 aliphatic rings. The summed E-state index contributed by atoms with van der Waals surface area (Å²) in [6, 6.07) is 5.31. The molecular weight excluding hydrogens is 261 g/mol. The van der Waals surface area contributed by atoms with Crippen LogP contribution in [0.5, 0.6) is 0 Å². The Morgan fingerprint density at radius 3 is 2.56 bits per heavy atom. The average Bonchev–Trinajstić information content (AvgIpc) is 2.25. The molecule has 0 saturated carbocycles. The van der Waals surface area contributed by atoms with Gasteiger partial charge in [0.15, 0.2) is 0 Å². The Labute approximate surface area is 107 Å². The van der Waals surface area contributed by atoms with E-state index in [1.54, 1.807) is 6.92 Å². The largest absolute Gasteiger partial charge is 0.417 e. The summed E-state index contributed by atoms with van der Waals surface area (Å²) in [6.07, 6.45) is -4.46. The van der Waals surface area contributed by atoms with Crippen LogP contribution in [0.3, 0.4) is 0 Å². The first-order valence-corrected chi connectivity index (χ1v) is 5.49. The zero-order valence-corrected chi connectivity index (χ0v) is 10.2. The molecule has 0 amide bonds. The third-order valence-corrected chi connectivity index (χ3v) is 2.75. The number of fused-ring (bicyclic) bond motifs is 1. The van der Waals surface area contributed by atoms with Gasteiger partial charge in [0.2, 0.25) is 0 Å². The molecular formula is C12H9F3N2S. The number of halogens is 3. The number of aryl methyl sites for hydroxylation is 1. The van der Waals surface area contributed by atoms with Gasteiger partial charge in [-0.15, -0.1) is 0 Å². The molecule has 0 spiro atoms. The van der Waals surface area contributed by atoms with Crippen LogP contribution in [-0.2, 0) is 6.18 Å².